The lowest BCUT2D eigenvalue weighted by atomic mass is 9.97. The number of para-hydroxylation sites is 1. The number of aliphatic hydroxyl groups excluding tert-OH is 1. The number of fused-ring (bicyclic) bond motifs is 1. The minimum atomic E-state index is -0.686. The average molecular weight is 239 g/mol. The molecule has 0 fully saturated rings. The van der Waals surface area contributed by atoms with Crippen molar-refractivity contribution in [1.82, 2.24) is 4.90 Å². The van der Waals surface area contributed by atoms with Crippen LogP contribution < -0.4 is 4.74 Å². The van der Waals surface area contributed by atoms with Gasteiger partial charge in [0.2, 0.25) is 0 Å². The van der Waals surface area contributed by atoms with Crippen molar-refractivity contribution in [2.24, 2.45) is 0 Å². The van der Waals surface area contributed by atoms with Crippen LogP contribution in [-0.4, -0.2) is 35.7 Å². The molecule has 0 amide bonds. The van der Waals surface area contributed by atoms with Crippen LogP contribution in [-0.2, 0) is 0 Å². The summed E-state index contributed by atoms with van der Waals surface area (Å²) in [6.45, 7) is 6.09. The van der Waals surface area contributed by atoms with Gasteiger partial charge in [-0.2, -0.15) is 0 Å². The van der Waals surface area contributed by atoms with E-state index in [1.165, 1.54) is 6.07 Å². The summed E-state index contributed by atoms with van der Waals surface area (Å²) in [5.41, 5.74) is 0.549. The molecule has 1 aromatic carbocycles. The Morgan fingerprint density at radius 1 is 1.41 bits per heavy atom. The van der Waals surface area contributed by atoms with Crippen molar-refractivity contribution in [2.75, 3.05) is 19.7 Å². The lowest BCUT2D eigenvalue weighted by Crippen LogP contribution is -2.45. The second-order valence-electron chi connectivity index (χ2n) is 4.20. The molecule has 0 spiro atoms. The molecule has 1 N–H and O–H groups in total. The second-order valence-corrected chi connectivity index (χ2v) is 4.20. The zero-order chi connectivity index (χ0) is 12.4. The Morgan fingerprint density at radius 2 is 2.12 bits per heavy atom. The monoisotopic (exact) mass is 239 g/mol. The van der Waals surface area contributed by atoms with E-state index in [0.29, 0.717) is 12.2 Å². The second kappa shape index (κ2) is 5.02. The molecule has 0 aliphatic carbocycles. The van der Waals surface area contributed by atoms with Crippen LogP contribution in [0.25, 0.3) is 0 Å². The van der Waals surface area contributed by atoms with E-state index in [9.17, 15) is 9.50 Å². The number of hydrogen-bond acceptors (Lipinski definition) is 3. The third-order valence-corrected chi connectivity index (χ3v) is 3.36. The van der Waals surface area contributed by atoms with Gasteiger partial charge in [-0.3, -0.25) is 4.90 Å². The summed E-state index contributed by atoms with van der Waals surface area (Å²) in [5, 5.41) is 10.3. The third-order valence-electron chi connectivity index (χ3n) is 3.36. The molecule has 0 saturated carbocycles. The van der Waals surface area contributed by atoms with Gasteiger partial charge in [0.15, 0.2) is 11.6 Å². The van der Waals surface area contributed by atoms with Gasteiger partial charge in [-0.05, 0) is 19.2 Å². The van der Waals surface area contributed by atoms with Crippen molar-refractivity contribution in [2.45, 2.75) is 26.0 Å². The number of benzene rings is 1. The summed E-state index contributed by atoms with van der Waals surface area (Å²) in [5.74, 6) is -0.206. The molecule has 1 aromatic rings. The van der Waals surface area contributed by atoms with E-state index in [2.05, 4.69) is 4.90 Å². The van der Waals surface area contributed by atoms with Gasteiger partial charge in [0.05, 0.1) is 6.04 Å². The normalized spacial score (nSPS) is 23.4. The molecule has 1 aliphatic heterocycles. The van der Waals surface area contributed by atoms with E-state index < -0.39 is 11.9 Å². The number of aliphatic hydroxyl groups is 1. The molecule has 17 heavy (non-hydrogen) atoms. The fourth-order valence-electron chi connectivity index (χ4n) is 2.38. The smallest absolute Gasteiger partial charge is 0.165 e. The van der Waals surface area contributed by atoms with Gasteiger partial charge in [0, 0.05) is 5.56 Å². The quantitative estimate of drug-likeness (QED) is 0.875. The Morgan fingerprint density at radius 3 is 2.76 bits per heavy atom. The zero-order valence-corrected chi connectivity index (χ0v) is 10.2. The first-order chi connectivity index (χ1) is 8.19. The predicted octanol–water partition coefficient (Wildman–Crippen LogP) is 1.96. The third kappa shape index (κ3) is 2.15. The predicted molar refractivity (Wildman–Crippen MR) is 63.6 cm³/mol. The lowest BCUT2D eigenvalue weighted by Gasteiger charge is -2.37. The molecule has 0 bridgehead atoms. The van der Waals surface area contributed by atoms with Crippen LogP contribution in [0.3, 0.4) is 0 Å². The Labute approximate surface area is 101 Å². The highest BCUT2D eigenvalue weighted by atomic mass is 19.1. The first-order valence-corrected chi connectivity index (χ1v) is 6.02. The highest BCUT2D eigenvalue weighted by Gasteiger charge is 2.33. The van der Waals surface area contributed by atoms with Crippen LogP contribution in [0, 0.1) is 5.82 Å². The summed E-state index contributed by atoms with van der Waals surface area (Å²) in [7, 11) is 0. The van der Waals surface area contributed by atoms with Gasteiger partial charge < -0.3 is 9.84 Å². The van der Waals surface area contributed by atoms with Crippen molar-refractivity contribution < 1.29 is 14.2 Å². The fraction of sp³-hybridized carbons (Fsp3) is 0.538. The standard InChI is InChI=1S/C13H18FNO2/c1-3-15(4-2)11-8-17-13-9(12(11)16)6-5-7-10(13)14/h5-7,11-12,16H,3-4,8H2,1-2H3. The molecule has 1 heterocycles. The number of ether oxygens (including phenoxy) is 1. The van der Waals surface area contributed by atoms with Crippen LogP contribution in [0.2, 0.25) is 0 Å². The van der Waals surface area contributed by atoms with Crippen LogP contribution >= 0.6 is 0 Å². The van der Waals surface area contributed by atoms with Gasteiger partial charge in [0.1, 0.15) is 12.7 Å². The maximum atomic E-state index is 13.5. The van der Waals surface area contributed by atoms with Crippen molar-refractivity contribution >= 4 is 0 Å². The van der Waals surface area contributed by atoms with Crippen LogP contribution in [0.4, 0.5) is 4.39 Å². The van der Waals surface area contributed by atoms with Crippen molar-refractivity contribution in [3.8, 4) is 5.75 Å². The van der Waals surface area contributed by atoms with Gasteiger partial charge >= 0.3 is 0 Å². The van der Waals surface area contributed by atoms with E-state index in [-0.39, 0.29) is 11.8 Å². The van der Waals surface area contributed by atoms with Gasteiger partial charge in [0.25, 0.3) is 0 Å². The molecular weight excluding hydrogens is 221 g/mol. The summed E-state index contributed by atoms with van der Waals surface area (Å²) < 4.78 is 18.9. The van der Waals surface area contributed by atoms with Crippen LogP contribution in [0.1, 0.15) is 25.5 Å². The average Bonchev–Trinajstić information content (AvgIpc) is 2.34. The number of likely N-dealkylation sites (N-methyl/N-ethyl adjacent to an activating group) is 1. The van der Waals surface area contributed by atoms with Crippen molar-refractivity contribution in [3.05, 3.63) is 29.6 Å². The molecule has 4 heteroatoms. The van der Waals surface area contributed by atoms with E-state index in [4.69, 9.17) is 4.74 Å². The first kappa shape index (κ1) is 12.3. The number of nitrogens with zero attached hydrogens (tertiary/aromatic N) is 1. The molecule has 3 nitrogen and oxygen atoms in total. The summed E-state index contributed by atoms with van der Waals surface area (Å²) >= 11 is 0. The van der Waals surface area contributed by atoms with Crippen molar-refractivity contribution in [3.63, 3.8) is 0 Å². The molecule has 1 aliphatic rings. The maximum absolute atomic E-state index is 13.5. The molecule has 2 rings (SSSR count). The molecule has 2 unspecified atom stereocenters. The fourth-order valence-corrected chi connectivity index (χ4v) is 2.38. The number of hydrogen-bond donors (Lipinski definition) is 1. The summed E-state index contributed by atoms with van der Waals surface area (Å²) in [6.07, 6.45) is -0.686. The minimum absolute atomic E-state index is 0.0979. The largest absolute Gasteiger partial charge is 0.488 e. The first-order valence-electron chi connectivity index (χ1n) is 6.02. The van der Waals surface area contributed by atoms with Crippen LogP contribution in [0.5, 0.6) is 5.75 Å². The molecule has 2 atom stereocenters. The SMILES string of the molecule is CCN(CC)C1COc2c(F)cccc2C1O. The van der Waals surface area contributed by atoms with Gasteiger partial charge in [-0.1, -0.05) is 26.0 Å². The lowest BCUT2D eigenvalue weighted by molar-refractivity contribution is 0.00617. The highest BCUT2D eigenvalue weighted by Crippen LogP contribution is 2.35. The van der Waals surface area contributed by atoms with Crippen molar-refractivity contribution in [1.29, 1.82) is 0 Å². The number of rotatable bonds is 3. The molecule has 0 saturated heterocycles. The summed E-state index contributed by atoms with van der Waals surface area (Å²) in [6, 6.07) is 4.58. The zero-order valence-electron chi connectivity index (χ0n) is 10.2. The number of halogens is 1. The van der Waals surface area contributed by atoms with E-state index in [1.54, 1.807) is 12.1 Å². The summed E-state index contributed by atoms with van der Waals surface area (Å²) in [4.78, 5) is 2.12. The minimum Gasteiger partial charge on any atom is -0.488 e. The Hall–Kier alpha value is -1.13. The van der Waals surface area contributed by atoms with E-state index >= 15 is 0 Å². The topological polar surface area (TPSA) is 32.7 Å². The van der Waals surface area contributed by atoms with E-state index in [0.717, 1.165) is 13.1 Å². The molecule has 0 aromatic heterocycles. The van der Waals surface area contributed by atoms with Gasteiger partial charge in [-0.25, -0.2) is 4.39 Å². The molecule has 94 valence electrons. The maximum Gasteiger partial charge on any atom is 0.165 e. The van der Waals surface area contributed by atoms with Gasteiger partial charge in [-0.15, -0.1) is 0 Å². The Balaban J connectivity index is 2.30. The molecular formula is C13H18FNO2. The Bertz CT molecular complexity index is 393. The highest BCUT2D eigenvalue weighted by molar-refractivity contribution is 5.39. The molecule has 0 radical (unpaired) electrons. The Kier molecular flexibility index (Phi) is 3.64. The van der Waals surface area contributed by atoms with E-state index in [1.807, 2.05) is 13.8 Å². The van der Waals surface area contributed by atoms with Crippen LogP contribution in [0.15, 0.2) is 18.2 Å².